The van der Waals surface area contributed by atoms with Crippen molar-refractivity contribution >= 4 is 18.3 Å². The molecule has 2 N–H and O–H groups in total. The first-order valence-corrected chi connectivity index (χ1v) is 8.00. The van der Waals surface area contributed by atoms with Crippen molar-refractivity contribution in [2.75, 3.05) is 20.1 Å². The van der Waals surface area contributed by atoms with Crippen LogP contribution in [0.1, 0.15) is 35.3 Å². The zero-order valence-corrected chi connectivity index (χ0v) is 15.5. The lowest BCUT2D eigenvalue weighted by molar-refractivity contribution is 0.0739. The Morgan fingerprint density at radius 3 is 2.25 bits per heavy atom. The Morgan fingerprint density at radius 2 is 1.62 bits per heavy atom. The fraction of sp³-hybridized carbons (Fsp3) is 0.350. The van der Waals surface area contributed by atoms with Crippen LogP contribution in [0.2, 0.25) is 0 Å². The molecule has 0 bridgehead atoms. The summed E-state index contributed by atoms with van der Waals surface area (Å²) in [5.74, 6) is 0.0538. The second-order valence-electron chi connectivity index (χ2n) is 6.85. The van der Waals surface area contributed by atoms with E-state index in [1.54, 1.807) is 4.90 Å². The van der Waals surface area contributed by atoms with Crippen molar-refractivity contribution in [1.82, 2.24) is 4.90 Å². The fourth-order valence-corrected chi connectivity index (χ4v) is 2.68. The smallest absolute Gasteiger partial charge is 0.253 e. The molecule has 0 aromatic heterocycles. The Morgan fingerprint density at radius 1 is 1.04 bits per heavy atom. The molecule has 0 atom stereocenters. The van der Waals surface area contributed by atoms with Crippen molar-refractivity contribution in [1.29, 1.82) is 0 Å². The van der Waals surface area contributed by atoms with Gasteiger partial charge in [0.1, 0.15) is 0 Å². The van der Waals surface area contributed by atoms with Crippen LogP contribution in [-0.4, -0.2) is 30.9 Å². The molecular weight excluding hydrogens is 320 g/mol. The summed E-state index contributed by atoms with van der Waals surface area (Å²) in [5, 5.41) is 0. The second kappa shape index (κ2) is 8.86. The standard InChI is InChI=1S/C20H26N2O.ClH/c1-20(2,14-21)15-22(3)19(23)18-12-8-7-11-17(18)13-16-9-5-4-6-10-16;/h4-12H,13-15,21H2,1-3H3;1H. The minimum atomic E-state index is -0.0845. The van der Waals surface area contributed by atoms with Gasteiger partial charge in [-0.15, -0.1) is 12.4 Å². The average Bonchev–Trinajstić information content (AvgIpc) is 2.55. The van der Waals surface area contributed by atoms with Crippen LogP contribution in [-0.2, 0) is 6.42 Å². The van der Waals surface area contributed by atoms with E-state index in [2.05, 4.69) is 26.0 Å². The molecule has 24 heavy (non-hydrogen) atoms. The summed E-state index contributed by atoms with van der Waals surface area (Å²) in [7, 11) is 1.85. The molecule has 0 aliphatic rings. The van der Waals surface area contributed by atoms with Crippen molar-refractivity contribution in [3.63, 3.8) is 0 Å². The van der Waals surface area contributed by atoms with Gasteiger partial charge in [-0.1, -0.05) is 62.4 Å². The van der Waals surface area contributed by atoms with E-state index in [-0.39, 0.29) is 23.7 Å². The number of halogens is 1. The molecule has 2 aromatic carbocycles. The summed E-state index contributed by atoms with van der Waals surface area (Å²) in [6.07, 6.45) is 0.761. The minimum Gasteiger partial charge on any atom is -0.341 e. The maximum absolute atomic E-state index is 12.8. The van der Waals surface area contributed by atoms with Crippen LogP contribution < -0.4 is 5.73 Å². The van der Waals surface area contributed by atoms with Crippen LogP contribution in [0, 0.1) is 5.41 Å². The average molecular weight is 347 g/mol. The third kappa shape index (κ3) is 5.36. The van der Waals surface area contributed by atoms with Gasteiger partial charge in [0, 0.05) is 19.2 Å². The predicted octanol–water partition coefficient (Wildman–Crippen LogP) is 3.76. The summed E-state index contributed by atoms with van der Waals surface area (Å²) in [6, 6.07) is 18.1. The molecule has 0 fully saturated rings. The third-order valence-electron chi connectivity index (χ3n) is 4.05. The molecule has 0 aliphatic heterocycles. The van der Waals surface area contributed by atoms with Crippen LogP contribution in [0.3, 0.4) is 0 Å². The Balaban J connectivity index is 0.00000288. The van der Waals surface area contributed by atoms with Gasteiger partial charge in [-0.2, -0.15) is 0 Å². The van der Waals surface area contributed by atoms with Crippen molar-refractivity contribution in [2.24, 2.45) is 11.1 Å². The van der Waals surface area contributed by atoms with E-state index in [9.17, 15) is 4.79 Å². The zero-order valence-electron chi connectivity index (χ0n) is 14.7. The van der Waals surface area contributed by atoms with Gasteiger partial charge in [0.15, 0.2) is 0 Å². The molecule has 0 aliphatic carbocycles. The van der Waals surface area contributed by atoms with Gasteiger partial charge >= 0.3 is 0 Å². The highest BCUT2D eigenvalue weighted by atomic mass is 35.5. The lowest BCUT2D eigenvalue weighted by Crippen LogP contribution is -2.40. The molecule has 1 amide bonds. The van der Waals surface area contributed by atoms with Gasteiger partial charge in [0.05, 0.1) is 0 Å². The number of amides is 1. The molecule has 3 nitrogen and oxygen atoms in total. The SMILES string of the molecule is CN(CC(C)(C)CN)C(=O)c1ccccc1Cc1ccccc1.Cl. The van der Waals surface area contributed by atoms with Crippen molar-refractivity contribution in [3.05, 3.63) is 71.3 Å². The molecule has 0 saturated carbocycles. The number of rotatable bonds is 6. The quantitative estimate of drug-likeness (QED) is 0.865. The van der Waals surface area contributed by atoms with Crippen LogP contribution in [0.15, 0.2) is 54.6 Å². The Bertz CT molecular complexity index is 656. The monoisotopic (exact) mass is 346 g/mol. The topological polar surface area (TPSA) is 46.3 Å². The van der Waals surface area contributed by atoms with E-state index < -0.39 is 0 Å². The van der Waals surface area contributed by atoms with E-state index in [0.717, 1.165) is 17.5 Å². The first-order valence-electron chi connectivity index (χ1n) is 8.00. The normalized spacial score (nSPS) is 10.8. The van der Waals surface area contributed by atoms with Crippen LogP contribution in [0.25, 0.3) is 0 Å². The number of hydrogen-bond donors (Lipinski definition) is 1. The molecule has 0 unspecified atom stereocenters. The summed E-state index contributed by atoms with van der Waals surface area (Å²) >= 11 is 0. The summed E-state index contributed by atoms with van der Waals surface area (Å²) < 4.78 is 0. The fourth-order valence-electron chi connectivity index (χ4n) is 2.68. The van der Waals surface area contributed by atoms with Crippen molar-refractivity contribution in [2.45, 2.75) is 20.3 Å². The maximum atomic E-state index is 12.8. The van der Waals surface area contributed by atoms with E-state index in [1.807, 2.05) is 49.5 Å². The van der Waals surface area contributed by atoms with Gasteiger partial charge in [-0.3, -0.25) is 4.79 Å². The van der Waals surface area contributed by atoms with Crippen LogP contribution in [0.4, 0.5) is 0 Å². The predicted molar refractivity (Wildman–Crippen MR) is 103 cm³/mol. The Labute approximate surface area is 151 Å². The zero-order chi connectivity index (χ0) is 16.9. The third-order valence-corrected chi connectivity index (χ3v) is 4.05. The summed E-state index contributed by atoms with van der Waals surface area (Å²) in [4.78, 5) is 14.6. The lowest BCUT2D eigenvalue weighted by Gasteiger charge is -2.29. The van der Waals surface area contributed by atoms with Crippen molar-refractivity contribution < 1.29 is 4.79 Å². The summed E-state index contributed by atoms with van der Waals surface area (Å²) in [6.45, 7) is 5.34. The molecule has 130 valence electrons. The van der Waals surface area contributed by atoms with E-state index in [0.29, 0.717) is 13.1 Å². The molecule has 0 heterocycles. The largest absolute Gasteiger partial charge is 0.341 e. The number of nitrogens with zero attached hydrogens (tertiary/aromatic N) is 1. The summed E-state index contributed by atoms with van der Waals surface area (Å²) in [5.41, 5.74) is 8.74. The second-order valence-corrected chi connectivity index (χ2v) is 6.85. The maximum Gasteiger partial charge on any atom is 0.253 e. The van der Waals surface area contributed by atoms with Gasteiger partial charge in [0.25, 0.3) is 5.91 Å². The number of carbonyl (C=O) groups excluding carboxylic acids is 1. The first kappa shape index (κ1) is 20.2. The van der Waals surface area contributed by atoms with Gasteiger partial charge in [0.2, 0.25) is 0 Å². The lowest BCUT2D eigenvalue weighted by atomic mass is 9.92. The van der Waals surface area contributed by atoms with Gasteiger partial charge < -0.3 is 10.6 Å². The minimum absolute atomic E-state index is 0. The highest BCUT2D eigenvalue weighted by molar-refractivity contribution is 5.95. The molecule has 2 aromatic rings. The number of hydrogen-bond acceptors (Lipinski definition) is 2. The number of benzene rings is 2. The Kier molecular flexibility index (Phi) is 7.46. The van der Waals surface area contributed by atoms with Crippen LogP contribution in [0.5, 0.6) is 0 Å². The molecule has 0 spiro atoms. The molecular formula is C20H27ClN2O. The van der Waals surface area contributed by atoms with E-state index in [1.165, 1.54) is 5.56 Å². The van der Waals surface area contributed by atoms with Gasteiger partial charge in [-0.25, -0.2) is 0 Å². The highest BCUT2D eigenvalue weighted by Crippen LogP contribution is 2.19. The van der Waals surface area contributed by atoms with Gasteiger partial charge in [-0.05, 0) is 35.6 Å². The first-order chi connectivity index (χ1) is 10.9. The van der Waals surface area contributed by atoms with E-state index in [4.69, 9.17) is 5.73 Å². The van der Waals surface area contributed by atoms with E-state index >= 15 is 0 Å². The molecule has 0 radical (unpaired) electrons. The number of nitrogens with two attached hydrogens (primary N) is 1. The highest BCUT2D eigenvalue weighted by Gasteiger charge is 2.23. The molecule has 0 saturated heterocycles. The molecule has 2 rings (SSSR count). The molecule has 4 heteroatoms. The number of carbonyl (C=O) groups is 1. The Hall–Kier alpha value is -1.84. The van der Waals surface area contributed by atoms with Crippen LogP contribution >= 0.6 is 12.4 Å². The van der Waals surface area contributed by atoms with Crippen molar-refractivity contribution in [3.8, 4) is 0 Å².